The van der Waals surface area contributed by atoms with Crippen LogP contribution in [0.5, 0.6) is 0 Å². The molecule has 2 amide bonds. The Labute approximate surface area is 170 Å². The van der Waals surface area contributed by atoms with Gasteiger partial charge in [-0.2, -0.15) is 13.9 Å². The van der Waals surface area contributed by atoms with Gasteiger partial charge in [0.05, 0.1) is 5.56 Å². The monoisotopic (exact) mass is 412 g/mol. The molecule has 7 nitrogen and oxygen atoms in total. The predicted molar refractivity (Wildman–Crippen MR) is 105 cm³/mol. The highest BCUT2D eigenvalue weighted by Gasteiger charge is 2.28. The molecule has 1 atom stereocenters. The molecular formula is C21H18F2N4O3. The van der Waals surface area contributed by atoms with E-state index >= 15 is 0 Å². The van der Waals surface area contributed by atoms with Gasteiger partial charge < -0.3 is 11.1 Å². The van der Waals surface area contributed by atoms with Crippen LogP contribution in [-0.2, 0) is 16.0 Å². The summed E-state index contributed by atoms with van der Waals surface area (Å²) in [6.07, 6.45) is 0.911. The fraction of sp³-hybridized carbons (Fsp3) is 0.143. The zero-order valence-electron chi connectivity index (χ0n) is 15.7. The van der Waals surface area contributed by atoms with E-state index in [2.05, 4.69) is 10.4 Å². The van der Waals surface area contributed by atoms with E-state index in [0.29, 0.717) is 15.8 Å². The van der Waals surface area contributed by atoms with Crippen LogP contribution in [0.2, 0.25) is 0 Å². The Morgan fingerprint density at radius 1 is 1.00 bits per heavy atom. The van der Waals surface area contributed by atoms with Crippen LogP contribution in [0.1, 0.15) is 22.5 Å². The normalized spacial score (nSPS) is 11.8. The van der Waals surface area contributed by atoms with Gasteiger partial charge in [0, 0.05) is 18.2 Å². The topological polar surface area (TPSA) is 107 Å². The van der Waals surface area contributed by atoms with Gasteiger partial charge in [0.1, 0.15) is 11.7 Å². The number of rotatable bonds is 8. The molecule has 3 aromatic rings. The summed E-state index contributed by atoms with van der Waals surface area (Å²) in [7, 11) is 0. The molecule has 0 radical (unpaired) electrons. The van der Waals surface area contributed by atoms with Crippen LogP contribution in [0.25, 0.3) is 11.3 Å². The summed E-state index contributed by atoms with van der Waals surface area (Å²) in [5.41, 5.74) is 6.12. The van der Waals surface area contributed by atoms with Gasteiger partial charge in [-0.05, 0) is 5.56 Å². The Hall–Kier alpha value is -3.88. The summed E-state index contributed by atoms with van der Waals surface area (Å²) in [5.74, 6) is -3.02. The van der Waals surface area contributed by atoms with Crippen molar-refractivity contribution >= 4 is 17.6 Å². The van der Waals surface area contributed by atoms with E-state index in [4.69, 9.17) is 5.73 Å². The van der Waals surface area contributed by atoms with E-state index in [-0.39, 0.29) is 17.7 Å². The lowest BCUT2D eigenvalue weighted by Crippen LogP contribution is -2.47. The summed E-state index contributed by atoms with van der Waals surface area (Å²) in [6.45, 7) is -2.96. The third kappa shape index (κ3) is 4.75. The lowest BCUT2D eigenvalue weighted by Gasteiger charge is -2.16. The standard InChI is InChI=1S/C21H18F2N4O3/c22-21(23)27-12-15(17(26-27)14-9-5-2-6-10-14)20(30)25-16(18(28)19(24)29)11-13-7-3-1-4-8-13/h1-10,12,16,21H,11H2,(H2,24,29)(H,25,30). The van der Waals surface area contributed by atoms with E-state index < -0.39 is 30.2 Å². The molecule has 1 heterocycles. The number of alkyl halides is 2. The minimum absolute atomic E-state index is 0.0119. The third-order valence-corrected chi connectivity index (χ3v) is 4.37. The Morgan fingerprint density at radius 3 is 2.17 bits per heavy atom. The van der Waals surface area contributed by atoms with Gasteiger partial charge in [-0.15, -0.1) is 0 Å². The molecule has 0 aliphatic carbocycles. The van der Waals surface area contributed by atoms with Crippen molar-refractivity contribution in [1.29, 1.82) is 0 Å². The Bertz CT molecular complexity index is 1050. The van der Waals surface area contributed by atoms with Crippen LogP contribution < -0.4 is 11.1 Å². The average Bonchev–Trinajstić information content (AvgIpc) is 3.20. The number of aromatic nitrogens is 2. The molecule has 0 aliphatic rings. The molecule has 0 spiro atoms. The molecule has 3 rings (SSSR count). The first kappa shape index (κ1) is 20.8. The molecule has 2 aromatic carbocycles. The fourth-order valence-electron chi connectivity index (χ4n) is 2.93. The van der Waals surface area contributed by atoms with E-state index in [9.17, 15) is 23.2 Å². The summed E-state index contributed by atoms with van der Waals surface area (Å²) in [5, 5.41) is 6.24. The number of hydrogen-bond acceptors (Lipinski definition) is 4. The highest BCUT2D eigenvalue weighted by molar-refractivity contribution is 6.38. The van der Waals surface area contributed by atoms with Gasteiger partial charge in [0.2, 0.25) is 5.78 Å². The van der Waals surface area contributed by atoms with Gasteiger partial charge in [-0.1, -0.05) is 60.7 Å². The van der Waals surface area contributed by atoms with Gasteiger partial charge in [-0.25, -0.2) is 4.68 Å². The lowest BCUT2D eigenvalue weighted by molar-refractivity contribution is -0.137. The maximum Gasteiger partial charge on any atom is 0.333 e. The van der Waals surface area contributed by atoms with Crippen molar-refractivity contribution < 1.29 is 23.2 Å². The predicted octanol–water partition coefficient (Wildman–Crippen LogP) is 2.34. The third-order valence-electron chi connectivity index (χ3n) is 4.37. The van der Waals surface area contributed by atoms with Crippen LogP contribution in [0.15, 0.2) is 66.9 Å². The van der Waals surface area contributed by atoms with Crippen molar-refractivity contribution in [3.05, 3.63) is 78.0 Å². The van der Waals surface area contributed by atoms with Crippen LogP contribution in [-0.4, -0.2) is 33.4 Å². The van der Waals surface area contributed by atoms with E-state index in [1.165, 1.54) is 0 Å². The van der Waals surface area contributed by atoms with Crippen LogP contribution in [0.4, 0.5) is 8.78 Å². The second-order valence-corrected chi connectivity index (χ2v) is 6.46. The number of carbonyl (C=O) groups excluding carboxylic acids is 3. The number of hydrogen-bond donors (Lipinski definition) is 2. The number of nitrogens with two attached hydrogens (primary N) is 1. The number of carbonyl (C=O) groups is 3. The zero-order valence-corrected chi connectivity index (χ0v) is 15.7. The first-order chi connectivity index (χ1) is 14.4. The van der Waals surface area contributed by atoms with Crippen molar-refractivity contribution in [3.63, 3.8) is 0 Å². The van der Waals surface area contributed by atoms with Crippen molar-refractivity contribution in [2.24, 2.45) is 5.73 Å². The number of benzene rings is 2. The van der Waals surface area contributed by atoms with Gasteiger partial charge in [0.15, 0.2) is 0 Å². The lowest BCUT2D eigenvalue weighted by atomic mass is 10.0. The number of halogens is 2. The van der Waals surface area contributed by atoms with Gasteiger partial charge in [-0.3, -0.25) is 14.4 Å². The molecular weight excluding hydrogens is 394 g/mol. The summed E-state index contributed by atoms with van der Waals surface area (Å²) in [6, 6.07) is 15.8. The van der Waals surface area contributed by atoms with Crippen molar-refractivity contribution in [2.45, 2.75) is 19.0 Å². The molecule has 0 saturated carbocycles. The number of primary amides is 1. The Kier molecular flexibility index (Phi) is 6.31. The number of Topliss-reactive ketones (excluding diaryl/α,β-unsaturated/α-hetero) is 1. The number of nitrogens with one attached hydrogen (secondary N) is 1. The number of amides is 2. The first-order valence-corrected chi connectivity index (χ1v) is 8.98. The van der Waals surface area contributed by atoms with E-state index in [1.54, 1.807) is 60.7 Å². The Balaban J connectivity index is 1.93. The minimum atomic E-state index is -2.96. The second kappa shape index (κ2) is 9.08. The molecule has 3 N–H and O–H groups in total. The average molecular weight is 412 g/mol. The molecule has 1 unspecified atom stereocenters. The molecule has 0 bridgehead atoms. The zero-order chi connectivity index (χ0) is 21.7. The summed E-state index contributed by atoms with van der Waals surface area (Å²) in [4.78, 5) is 36.6. The maximum absolute atomic E-state index is 13.2. The van der Waals surface area contributed by atoms with Crippen molar-refractivity contribution in [3.8, 4) is 11.3 Å². The maximum atomic E-state index is 13.2. The van der Waals surface area contributed by atoms with Crippen LogP contribution in [0, 0.1) is 0 Å². The van der Waals surface area contributed by atoms with E-state index in [1.807, 2.05) is 0 Å². The number of ketones is 1. The highest BCUT2D eigenvalue weighted by atomic mass is 19.3. The molecule has 30 heavy (non-hydrogen) atoms. The van der Waals surface area contributed by atoms with Gasteiger partial charge >= 0.3 is 6.55 Å². The smallest absolute Gasteiger partial charge is 0.333 e. The number of nitrogens with zero attached hydrogens (tertiary/aromatic N) is 2. The van der Waals surface area contributed by atoms with Crippen molar-refractivity contribution in [1.82, 2.24) is 15.1 Å². The molecule has 1 aromatic heterocycles. The van der Waals surface area contributed by atoms with Crippen LogP contribution >= 0.6 is 0 Å². The molecule has 0 aliphatic heterocycles. The summed E-state index contributed by atoms with van der Waals surface area (Å²) >= 11 is 0. The molecule has 9 heteroatoms. The van der Waals surface area contributed by atoms with Crippen LogP contribution in [0.3, 0.4) is 0 Å². The summed E-state index contributed by atoms with van der Waals surface area (Å²) < 4.78 is 26.7. The molecule has 154 valence electrons. The Morgan fingerprint density at radius 2 is 1.60 bits per heavy atom. The SMILES string of the molecule is NC(=O)C(=O)C(Cc1ccccc1)NC(=O)c1cn(C(F)F)nc1-c1ccccc1. The molecule has 0 saturated heterocycles. The quantitative estimate of drug-likeness (QED) is 0.554. The first-order valence-electron chi connectivity index (χ1n) is 8.98. The van der Waals surface area contributed by atoms with Gasteiger partial charge in [0.25, 0.3) is 11.8 Å². The van der Waals surface area contributed by atoms with E-state index in [0.717, 1.165) is 6.20 Å². The highest BCUT2D eigenvalue weighted by Crippen LogP contribution is 2.24. The van der Waals surface area contributed by atoms with Crippen molar-refractivity contribution in [2.75, 3.05) is 0 Å². The fourth-order valence-corrected chi connectivity index (χ4v) is 2.93. The minimum Gasteiger partial charge on any atom is -0.363 e. The largest absolute Gasteiger partial charge is 0.363 e. The second-order valence-electron chi connectivity index (χ2n) is 6.46. The molecule has 0 fully saturated rings.